The Morgan fingerprint density at radius 1 is 1.03 bits per heavy atom. The monoisotopic (exact) mass is 524 g/mol. The van der Waals surface area contributed by atoms with Crippen LogP contribution >= 0.6 is 12.8 Å². The number of thiol groups is 1. The molecule has 0 aromatic heterocycles. The van der Waals surface area contributed by atoms with Crippen LogP contribution in [0, 0.1) is 10.8 Å². The summed E-state index contributed by atoms with van der Waals surface area (Å²) >= 11 is 4.11. The van der Waals surface area contributed by atoms with Crippen molar-refractivity contribution in [3.63, 3.8) is 0 Å². The molecule has 1 rings (SSSR count). The molecule has 0 spiro atoms. The number of nitrogens with zero attached hydrogens (tertiary/aromatic N) is 2. The van der Waals surface area contributed by atoms with Crippen LogP contribution in [0.15, 0.2) is 16.0 Å². The van der Waals surface area contributed by atoms with E-state index in [4.69, 9.17) is 10.1 Å². The predicted molar refractivity (Wildman–Crippen MR) is 160 cm³/mol. The highest BCUT2D eigenvalue weighted by atomic mass is 32.1. The lowest BCUT2D eigenvalue weighted by Gasteiger charge is -2.42. The Kier molecular flexibility index (Phi) is 19.3. The van der Waals surface area contributed by atoms with E-state index in [0.717, 1.165) is 68.2 Å². The van der Waals surface area contributed by atoms with Crippen LogP contribution in [-0.4, -0.2) is 55.2 Å². The quantitative estimate of drug-likeness (QED) is 0.0700. The average Bonchev–Trinajstić information content (AvgIpc) is 2.80. The summed E-state index contributed by atoms with van der Waals surface area (Å²) in [4.78, 5) is 10.9. The topological polar surface area (TPSA) is 62.5 Å². The number of unbranched alkanes of at least 4 members (excludes halogenated alkanes) is 8. The van der Waals surface area contributed by atoms with Crippen LogP contribution in [-0.2, 0) is 9.53 Å². The maximum Gasteiger partial charge on any atom is 0.233 e. The number of likely N-dealkylation sites (N-methyl/N-ethyl adjacent to an activating group) is 1. The fourth-order valence-corrected chi connectivity index (χ4v) is 5.08. The van der Waals surface area contributed by atoms with E-state index < -0.39 is 0 Å². The van der Waals surface area contributed by atoms with E-state index in [9.17, 15) is 4.79 Å². The lowest BCUT2D eigenvalue weighted by atomic mass is 9.92. The second kappa shape index (κ2) is 19.9. The number of rotatable bonds is 16. The first-order valence-electron chi connectivity index (χ1n) is 14.5. The van der Waals surface area contributed by atoms with E-state index in [2.05, 4.69) is 65.0 Å². The Balaban J connectivity index is 0.000000860. The van der Waals surface area contributed by atoms with Crippen molar-refractivity contribution >= 4 is 30.2 Å². The van der Waals surface area contributed by atoms with Gasteiger partial charge >= 0.3 is 0 Å². The van der Waals surface area contributed by atoms with Gasteiger partial charge in [-0.1, -0.05) is 99.0 Å². The van der Waals surface area contributed by atoms with E-state index >= 15 is 0 Å². The average molecular weight is 525 g/mol. The van der Waals surface area contributed by atoms with Crippen molar-refractivity contribution in [1.29, 1.82) is 5.41 Å². The summed E-state index contributed by atoms with van der Waals surface area (Å²) in [6.45, 7) is 16.9. The number of hydrogen-bond donors (Lipinski definition) is 2. The molecule has 0 amide bonds. The van der Waals surface area contributed by atoms with Crippen molar-refractivity contribution in [2.24, 2.45) is 9.81 Å². The summed E-state index contributed by atoms with van der Waals surface area (Å²) in [6, 6.07) is 0. The molecule has 0 aliphatic carbocycles. The molecule has 1 aliphatic rings. The third-order valence-corrected chi connectivity index (χ3v) is 6.73. The number of Topliss-reactive ketones (excluding diaryl/α,β-unsaturated/α-hetero) is 1. The number of quaternary nitrogens is 1. The molecule has 0 saturated heterocycles. The van der Waals surface area contributed by atoms with E-state index in [1.54, 1.807) is 0 Å². The van der Waals surface area contributed by atoms with Gasteiger partial charge in [-0.2, -0.15) is 0 Å². The first kappa shape index (κ1) is 34.9. The first-order chi connectivity index (χ1) is 17.0. The predicted octanol–water partition coefficient (Wildman–Crippen LogP) is 8.39. The zero-order chi connectivity index (χ0) is 27.5. The van der Waals surface area contributed by atoms with E-state index in [1.807, 2.05) is 6.92 Å². The fourth-order valence-electron chi connectivity index (χ4n) is 4.86. The van der Waals surface area contributed by atoms with Crippen molar-refractivity contribution < 1.29 is 14.0 Å². The van der Waals surface area contributed by atoms with Gasteiger partial charge in [-0.05, 0) is 25.7 Å². The molecule has 0 bridgehead atoms. The molecule has 1 unspecified atom stereocenters. The highest BCUT2D eigenvalue weighted by molar-refractivity contribution is 7.79. The fraction of sp³-hybridized carbons (Fsp3) is 0.833. The van der Waals surface area contributed by atoms with Crippen LogP contribution in [0.2, 0.25) is 0 Å². The largest absolute Gasteiger partial charge is 0.477 e. The maximum atomic E-state index is 10.9. The minimum Gasteiger partial charge on any atom is -0.477 e. The van der Waals surface area contributed by atoms with Crippen LogP contribution in [0.5, 0.6) is 0 Å². The number of hydrogen-bond acceptors (Lipinski definition) is 5. The van der Waals surface area contributed by atoms with Crippen molar-refractivity contribution in [3.05, 3.63) is 11.6 Å². The molecule has 5 nitrogen and oxygen atoms in total. The van der Waals surface area contributed by atoms with Crippen molar-refractivity contribution in [3.8, 4) is 0 Å². The Morgan fingerprint density at radius 3 is 2.17 bits per heavy atom. The second-order valence-corrected chi connectivity index (χ2v) is 12.0. The first-order valence-corrected chi connectivity index (χ1v) is 14.9. The maximum absolute atomic E-state index is 10.9. The number of ether oxygens (including phenoxy) is 1. The Hall–Kier alpha value is -1.14. The molecule has 1 heterocycles. The molecule has 0 saturated carbocycles. The van der Waals surface area contributed by atoms with Crippen LogP contribution in [0.1, 0.15) is 125 Å². The van der Waals surface area contributed by atoms with Gasteiger partial charge in [0.1, 0.15) is 18.0 Å². The van der Waals surface area contributed by atoms with Gasteiger partial charge in [0.2, 0.25) is 5.90 Å². The summed E-state index contributed by atoms with van der Waals surface area (Å²) in [5.41, 5.74) is 1.98. The lowest BCUT2D eigenvalue weighted by molar-refractivity contribution is -0.911. The summed E-state index contributed by atoms with van der Waals surface area (Å²) in [7, 11) is 2.30. The molecule has 1 N–H and O–H groups in total. The SMILES string of the molecule is CCCCCCCCC(=O)CC.CCCCCCOC(=N)/C(=N\S)C1=CCC[N+](C)(CC(C)(C)C)C1. The normalized spacial score (nSPS) is 18.2. The molecule has 6 heteroatoms. The second-order valence-electron chi connectivity index (χ2n) is 11.8. The van der Waals surface area contributed by atoms with Crippen LogP contribution in [0.25, 0.3) is 0 Å². The summed E-state index contributed by atoms with van der Waals surface area (Å²) in [5.74, 6) is 0.586. The van der Waals surface area contributed by atoms with Gasteiger partial charge in [0.05, 0.1) is 26.7 Å². The van der Waals surface area contributed by atoms with E-state index in [0.29, 0.717) is 18.1 Å². The molecular weight excluding hydrogens is 466 g/mol. The zero-order valence-electron chi connectivity index (χ0n) is 24.8. The molecule has 210 valence electrons. The Bertz CT molecular complexity index is 682. The number of ketones is 1. The number of carbonyl (C=O) groups excluding carboxylic acids is 1. The van der Waals surface area contributed by atoms with Gasteiger partial charge in [-0.15, -0.1) is 0 Å². The molecular formula is C30H58N3O2S+. The number of carbonyl (C=O) groups is 1. The molecule has 0 radical (unpaired) electrons. The lowest BCUT2D eigenvalue weighted by Crippen LogP contribution is -2.53. The minimum absolute atomic E-state index is 0.164. The van der Waals surface area contributed by atoms with Crippen molar-refractivity contribution in [2.45, 2.75) is 125 Å². The zero-order valence-corrected chi connectivity index (χ0v) is 25.7. The smallest absolute Gasteiger partial charge is 0.233 e. The molecule has 0 fully saturated rings. The van der Waals surface area contributed by atoms with Gasteiger partial charge in [0.25, 0.3) is 0 Å². The highest BCUT2D eigenvalue weighted by Gasteiger charge is 2.33. The summed E-state index contributed by atoms with van der Waals surface area (Å²) < 4.78 is 10.7. The molecule has 36 heavy (non-hydrogen) atoms. The molecule has 0 aromatic rings. The van der Waals surface area contributed by atoms with E-state index in [1.165, 1.54) is 44.9 Å². The van der Waals surface area contributed by atoms with Crippen molar-refractivity contribution in [2.75, 3.05) is 33.3 Å². The van der Waals surface area contributed by atoms with Crippen molar-refractivity contribution in [1.82, 2.24) is 0 Å². The van der Waals surface area contributed by atoms with Gasteiger partial charge in [0, 0.05) is 30.3 Å². The van der Waals surface area contributed by atoms with Gasteiger partial charge < -0.3 is 9.22 Å². The van der Waals surface area contributed by atoms with Crippen LogP contribution in [0.4, 0.5) is 0 Å². The Labute approximate surface area is 229 Å². The molecule has 1 aliphatic heterocycles. The highest BCUT2D eigenvalue weighted by Crippen LogP contribution is 2.25. The molecule has 1 atom stereocenters. The van der Waals surface area contributed by atoms with Gasteiger partial charge in [-0.3, -0.25) is 10.2 Å². The standard InChI is InChI=1S/C19H35N3OS.C11H22O/c1-6-7-8-9-13-23-18(20)17(21-24)16-11-10-12-22(5,14-16)15-19(2,3)4;1-3-5-6-7-8-9-10-11(12)4-2/h11,20H,6-10,12-15H2,1-5H3;3-10H2,1-2H3/p+1/b20-18?,21-17-;. The minimum atomic E-state index is 0.164. The van der Waals surface area contributed by atoms with Crippen LogP contribution < -0.4 is 0 Å². The summed E-state index contributed by atoms with van der Waals surface area (Å²) in [5, 5.41) is 8.22. The molecule has 0 aromatic carbocycles. The van der Waals surface area contributed by atoms with Crippen LogP contribution in [0.3, 0.4) is 0 Å². The summed E-state index contributed by atoms with van der Waals surface area (Å²) in [6.07, 6.45) is 17.0. The number of nitrogens with one attached hydrogen (secondary N) is 1. The third kappa shape index (κ3) is 17.3. The third-order valence-electron chi connectivity index (χ3n) is 6.53. The van der Waals surface area contributed by atoms with E-state index in [-0.39, 0.29) is 11.3 Å². The van der Waals surface area contributed by atoms with Gasteiger partial charge in [-0.25, -0.2) is 4.40 Å². The van der Waals surface area contributed by atoms with Gasteiger partial charge in [0.15, 0.2) is 0 Å². The Morgan fingerprint density at radius 2 is 1.61 bits per heavy atom.